The Morgan fingerprint density at radius 2 is 1.97 bits per heavy atom. The summed E-state index contributed by atoms with van der Waals surface area (Å²) in [5.41, 5.74) is 4.04. The Morgan fingerprint density at radius 1 is 1.21 bits per heavy atom. The molecule has 0 aliphatic carbocycles. The summed E-state index contributed by atoms with van der Waals surface area (Å²) in [6.07, 6.45) is 4.05. The van der Waals surface area contributed by atoms with Crippen molar-refractivity contribution >= 4 is 35.1 Å². The summed E-state index contributed by atoms with van der Waals surface area (Å²) >= 11 is 0. The quantitative estimate of drug-likeness (QED) is 0.355. The molecule has 5 rings (SSSR count). The van der Waals surface area contributed by atoms with Gasteiger partial charge in [0.1, 0.15) is 17.8 Å². The van der Waals surface area contributed by atoms with E-state index in [-0.39, 0.29) is 24.5 Å². The Morgan fingerprint density at radius 3 is 2.64 bits per heavy atom. The van der Waals surface area contributed by atoms with Crippen LogP contribution >= 0.6 is 0 Å². The lowest BCUT2D eigenvalue weighted by atomic mass is 10.0. The molecule has 1 aromatic carbocycles. The van der Waals surface area contributed by atoms with Crippen LogP contribution in [0, 0.1) is 17.0 Å². The second-order valence-electron chi connectivity index (χ2n) is 9.58. The molecule has 39 heavy (non-hydrogen) atoms. The number of ether oxygens (including phenoxy) is 2. The normalized spacial score (nSPS) is 15.3. The first-order valence-corrected chi connectivity index (χ1v) is 12.5. The second kappa shape index (κ2) is 10.6. The maximum atomic E-state index is 13.0. The number of nitrogens with zero attached hydrogens (tertiary/aromatic N) is 6. The van der Waals surface area contributed by atoms with Gasteiger partial charge in [0.2, 0.25) is 5.91 Å². The number of carbonyl (C=O) groups is 2. The molecule has 3 aromatic rings. The van der Waals surface area contributed by atoms with E-state index >= 15 is 0 Å². The predicted octanol–water partition coefficient (Wildman–Crippen LogP) is 3.47. The summed E-state index contributed by atoms with van der Waals surface area (Å²) in [5, 5.41) is 14.3. The number of nitro groups is 1. The SMILES string of the molecule is COc1ccc(Nc2cc3c(cn2)CC(=O)N3C2CCN(C(=O)OCc3cnc([N+](=O)[O-])n3C)CC2)c(C)c1. The molecule has 1 fully saturated rings. The molecule has 0 radical (unpaired) electrons. The minimum atomic E-state index is -0.594. The van der Waals surface area contributed by atoms with Crippen LogP contribution in [0.4, 0.5) is 27.9 Å². The van der Waals surface area contributed by atoms with E-state index in [0.717, 1.165) is 28.3 Å². The number of amides is 2. The van der Waals surface area contributed by atoms with Crippen molar-refractivity contribution in [3.05, 3.63) is 63.6 Å². The molecule has 1 saturated heterocycles. The molecular formula is C26H29N7O6. The van der Waals surface area contributed by atoms with Crippen LogP contribution in [0.3, 0.4) is 0 Å². The summed E-state index contributed by atoms with van der Waals surface area (Å²) in [6, 6.07) is 7.58. The monoisotopic (exact) mass is 535 g/mol. The number of hydrogen-bond acceptors (Lipinski definition) is 9. The Labute approximate surface area is 224 Å². The fraction of sp³-hybridized carbons (Fsp3) is 0.385. The second-order valence-corrected chi connectivity index (χ2v) is 9.58. The highest BCUT2D eigenvalue weighted by atomic mass is 16.6. The number of anilines is 3. The summed E-state index contributed by atoms with van der Waals surface area (Å²) < 4.78 is 11.9. The maximum Gasteiger partial charge on any atom is 0.434 e. The van der Waals surface area contributed by atoms with E-state index in [9.17, 15) is 19.7 Å². The summed E-state index contributed by atoms with van der Waals surface area (Å²) in [6.45, 7) is 2.71. The van der Waals surface area contributed by atoms with Gasteiger partial charge in [0.05, 0.1) is 26.3 Å². The molecule has 2 aliphatic heterocycles. The number of likely N-dealkylation sites (tertiary alicyclic amines) is 1. The average molecular weight is 536 g/mol. The van der Waals surface area contributed by atoms with Crippen molar-refractivity contribution in [2.75, 3.05) is 30.4 Å². The fourth-order valence-corrected chi connectivity index (χ4v) is 5.00. The van der Waals surface area contributed by atoms with Crippen LogP contribution in [-0.2, 0) is 29.6 Å². The highest BCUT2D eigenvalue weighted by molar-refractivity contribution is 6.02. The van der Waals surface area contributed by atoms with Gasteiger partial charge in [-0.05, 0) is 48.5 Å². The third kappa shape index (κ3) is 5.19. The Hall–Kier alpha value is -4.68. The Bertz CT molecular complexity index is 1430. The maximum absolute atomic E-state index is 13.0. The lowest BCUT2D eigenvalue weighted by molar-refractivity contribution is -0.396. The van der Waals surface area contributed by atoms with Gasteiger partial charge in [-0.2, -0.15) is 0 Å². The van der Waals surface area contributed by atoms with Crippen molar-refractivity contribution in [2.45, 2.75) is 38.8 Å². The summed E-state index contributed by atoms with van der Waals surface area (Å²) in [7, 11) is 3.13. The number of piperidine rings is 1. The third-order valence-corrected chi connectivity index (χ3v) is 7.18. The van der Waals surface area contributed by atoms with Crippen LogP contribution < -0.4 is 15.0 Å². The number of nitrogens with one attached hydrogen (secondary N) is 1. The largest absolute Gasteiger partial charge is 0.497 e. The molecule has 0 bridgehead atoms. The number of methoxy groups -OCH3 is 1. The van der Waals surface area contributed by atoms with Gasteiger partial charge in [-0.1, -0.05) is 4.98 Å². The minimum absolute atomic E-state index is 0.0170. The molecule has 0 spiro atoms. The molecule has 2 amide bonds. The van der Waals surface area contributed by atoms with E-state index in [1.165, 1.54) is 17.8 Å². The molecule has 4 heterocycles. The van der Waals surface area contributed by atoms with Gasteiger partial charge in [0.25, 0.3) is 0 Å². The zero-order valence-corrected chi connectivity index (χ0v) is 21.9. The number of aryl methyl sites for hydroxylation is 1. The molecule has 13 nitrogen and oxygen atoms in total. The number of pyridine rings is 1. The molecule has 2 aliphatic rings. The number of carbonyl (C=O) groups excluding carboxylic acids is 2. The first-order valence-electron chi connectivity index (χ1n) is 12.5. The van der Waals surface area contributed by atoms with E-state index in [1.54, 1.807) is 18.2 Å². The van der Waals surface area contributed by atoms with Crippen molar-refractivity contribution in [3.8, 4) is 5.75 Å². The van der Waals surface area contributed by atoms with Gasteiger partial charge in [-0.3, -0.25) is 4.79 Å². The minimum Gasteiger partial charge on any atom is -0.497 e. The lowest BCUT2D eigenvalue weighted by Crippen LogP contribution is -2.48. The predicted molar refractivity (Wildman–Crippen MR) is 141 cm³/mol. The molecule has 1 N–H and O–H groups in total. The standard InChI is InChI=1S/C26H29N7O6/c1-16-10-20(38-3)4-5-21(16)29-23-12-22-17(13-27-23)11-24(34)32(22)18-6-8-31(9-7-18)26(35)39-15-19-14-28-25(30(19)2)33(36)37/h4-5,10,12-14,18H,6-9,11,15H2,1-3H3,(H,27,29). The average Bonchev–Trinajstić information content (AvgIpc) is 3.46. The lowest BCUT2D eigenvalue weighted by Gasteiger charge is -2.36. The highest BCUT2D eigenvalue weighted by Crippen LogP contribution is 2.36. The van der Waals surface area contributed by atoms with Crippen LogP contribution in [0.15, 0.2) is 36.7 Å². The van der Waals surface area contributed by atoms with E-state index < -0.39 is 11.0 Å². The van der Waals surface area contributed by atoms with Crippen molar-refractivity contribution in [2.24, 2.45) is 7.05 Å². The van der Waals surface area contributed by atoms with E-state index in [4.69, 9.17) is 9.47 Å². The first kappa shape index (κ1) is 25.9. The zero-order chi connectivity index (χ0) is 27.7. The number of rotatable bonds is 7. The van der Waals surface area contributed by atoms with Gasteiger partial charge in [-0.15, -0.1) is 0 Å². The van der Waals surface area contributed by atoms with Gasteiger partial charge in [-0.25, -0.2) is 14.3 Å². The van der Waals surface area contributed by atoms with Crippen LogP contribution in [0.1, 0.15) is 29.7 Å². The van der Waals surface area contributed by atoms with Crippen LogP contribution in [0.2, 0.25) is 0 Å². The number of fused-ring (bicyclic) bond motifs is 1. The Balaban J connectivity index is 1.21. The fourth-order valence-electron chi connectivity index (χ4n) is 5.00. The van der Waals surface area contributed by atoms with Crippen molar-refractivity contribution in [1.29, 1.82) is 0 Å². The molecule has 2 aromatic heterocycles. The van der Waals surface area contributed by atoms with E-state index in [0.29, 0.717) is 43.9 Å². The molecule has 0 atom stereocenters. The molecule has 0 saturated carbocycles. The van der Waals surface area contributed by atoms with Gasteiger partial charge < -0.3 is 34.7 Å². The van der Waals surface area contributed by atoms with Gasteiger partial charge in [0, 0.05) is 42.6 Å². The van der Waals surface area contributed by atoms with Crippen molar-refractivity contribution in [1.82, 2.24) is 19.4 Å². The van der Waals surface area contributed by atoms with Crippen LogP contribution in [-0.4, -0.2) is 62.6 Å². The van der Waals surface area contributed by atoms with Crippen molar-refractivity contribution in [3.63, 3.8) is 0 Å². The summed E-state index contributed by atoms with van der Waals surface area (Å²) in [4.78, 5) is 47.7. The first-order chi connectivity index (χ1) is 18.7. The third-order valence-electron chi connectivity index (χ3n) is 7.18. The zero-order valence-electron chi connectivity index (χ0n) is 21.9. The number of hydrogen-bond donors (Lipinski definition) is 1. The van der Waals surface area contributed by atoms with E-state index in [2.05, 4.69) is 15.3 Å². The molecular weight excluding hydrogens is 506 g/mol. The Kier molecular flexibility index (Phi) is 7.05. The number of benzene rings is 1. The highest BCUT2D eigenvalue weighted by Gasteiger charge is 2.36. The molecule has 0 unspecified atom stereocenters. The van der Waals surface area contributed by atoms with Gasteiger partial charge >= 0.3 is 12.0 Å². The smallest absolute Gasteiger partial charge is 0.434 e. The van der Waals surface area contributed by atoms with Crippen molar-refractivity contribution < 1.29 is 24.0 Å². The van der Waals surface area contributed by atoms with Crippen LogP contribution in [0.5, 0.6) is 5.75 Å². The van der Waals surface area contributed by atoms with Gasteiger partial charge in [0.15, 0.2) is 12.3 Å². The van der Waals surface area contributed by atoms with E-state index in [1.807, 2.05) is 36.1 Å². The number of imidazole rings is 1. The number of aromatic nitrogens is 3. The van der Waals surface area contributed by atoms with Crippen LogP contribution in [0.25, 0.3) is 0 Å². The molecule has 204 valence electrons. The summed E-state index contributed by atoms with van der Waals surface area (Å²) in [5.74, 6) is 1.11. The topological polar surface area (TPSA) is 145 Å². The molecule has 13 heteroatoms.